The van der Waals surface area contributed by atoms with Gasteiger partial charge < -0.3 is 23.7 Å². The van der Waals surface area contributed by atoms with Crippen LogP contribution in [0, 0.1) is 6.92 Å². The zero-order valence-electron chi connectivity index (χ0n) is 14.6. The number of aliphatic hydroxyl groups is 1. The summed E-state index contributed by atoms with van der Waals surface area (Å²) in [6.45, 7) is 2.42. The number of nitrogens with zero attached hydrogens (tertiary/aromatic N) is 2. The second-order valence-corrected chi connectivity index (χ2v) is 7.00. The Balaban J connectivity index is 1.29. The first-order chi connectivity index (χ1) is 13.2. The van der Waals surface area contributed by atoms with Gasteiger partial charge in [-0.2, -0.15) is 0 Å². The lowest BCUT2D eigenvalue weighted by molar-refractivity contribution is 0.126. The summed E-state index contributed by atoms with van der Waals surface area (Å²) >= 11 is 1.28. The van der Waals surface area contributed by atoms with Crippen LogP contribution in [0.25, 0.3) is 11.5 Å². The molecule has 0 amide bonds. The second-order valence-electron chi connectivity index (χ2n) is 6.03. The van der Waals surface area contributed by atoms with E-state index in [0.717, 1.165) is 16.9 Å². The van der Waals surface area contributed by atoms with Gasteiger partial charge in [-0.3, -0.25) is 0 Å². The monoisotopic (exact) mass is 386 g/mol. The number of benzene rings is 2. The normalized spacial score (nSPS) is 13.6. The summed E-state index contributed by atoms with van der Waals surface area (Å²) in [7, 11) is 0. The van der Waals surface area contributed by atoms with Crippen LogP contribution in [0.15, 0.2) is 52.1 Å². The molecular formula is C19H18N2O5S. The minimum atomic E-state index is -0.655. The van der Waals surface area contributed by atoms with Crippen molar-refractivity contribution >= 4 is 11.8 Å². The van der Waals surface area contributed by atoms with Crippen LogP contribution in [0.3, 0.4) is 0 Å². The Hall–Kier alpha value is -2.71. The number of ether oxygens (including phenoxy) is 3. The molecule has 0 spiro atoms. The molecule has 0 fully saturated rings. The molecule has 0 saturated heterocycles. The van der Waals surface area contributed by atoms with E-state index in [1.165, 1.54) is 11.8 Å². The third-order valence-corrected chi connectivity index (χ3v) is 4.85. The number of thioether (sulfide) groups is 1. The van der Waals surface area contributed by atoms with Crippen molar-refractivity contribution in [2.75, 3.05) is 19.2 Å². The number of aromatic nitrogens is 2. The molecule has 140 valence electrons. The molecule has 2 heterocycles. The van der Waals surface area contributed by atoms with Crippen molar-refractivity contribution in [3.05, 3.63) is 48.0 Å². The lowest BCUT2D eigenvalue weighted by Gasteiger charge is -2.11. The molecule has 2 aromatic carbocycles. The van der Waals surface area contributed by atoms with Gasteiger partial charge in [-0.1, -0.05) is 29.5 Å². The SMILES string of the molecule is Cc1ccc(OC[C@H](O)CSc2nnc(-c3ccc4c(c3)OCO4)o2)cc1. The summed E-state index contributed by atoms with van der Waals surface area (Å²) in [5.74, 6) is 2.86. The highest BCUT2D eigenvalue weighted by Gasteiger charge is 2.17. The standard InChI is InChI=1S/C19H18N2O5S/c1-12-2-5-15(6-3-12)23-9-14(22)10-27-19-21-20-18(26-19)13-4-7-16-17(8-13)25-11-24-16/h2-8,14,22H,9-11H2,1H3/t14-/m0/s1. The van der Waals surface area contributed by atoms with Crippen LogP contribution in [0.1, 0.15) is 5.56 Å². The Bertz CT molecular complexity index is 913. The number of rotatable bonds is 7. The van der Waals surface area contributed by atoms with E-state index in [9.17, 15) is 5.11 Å². The average Bonchev–Trinajstić information content (AvgIpc) is 3.34. The lowest BCUT2D eigenvalue weighted by atomic mass is 10.2. The first kappa shape index (κ1) is 17.7. The van der Waals surface area contributed by atoms with Crippen LogP contribution in [0.2, 0.25) is 0 Å². The van der Waals surface area contributed by atoms with Crippen molar-refractivity contribution < 1.29 is 23.7 Å². The molecule has 0 saturated carbocycles. The number of fused-ring (bicyclic) bond motifs is 1. The molecule has 0 radical (unpaired) electrons. The highest BCUT2D eigenvalue weighted by molar-refractivity contribution is 7.99. The van der Waals surface area contributed by atoms with E-state index in [0.29, 0.717) is 28.4 Å². The molecule has 1 aromatic heterocycles. The quantitative estimate of drug-likeness (QED) is 0.619. The minimum Gasteiger partial charge on any atom is -0.491 e. The van der Waals surface area contributed by atoms with Crippen LogP contribution in [0.4, 0.5) is 0 Å². The number of hydrogen-bond donors (Lipinski definition) is 1. The van der Waals surface area contributed by atoms with Crippen LogP contribution in [0.5, 0.6) is 17.2 Å². The summed E-state index contributed by atoms with van der Waals surface area (Å²) in [5, 5.41) is 18.5. The smallest absolute Gasteiger partial charge is 0.276 e. The molecule has 0 bridgehead atoms. The van der Waals surface area contributed by atoms with Crippen LogP contribution >= 0.6 is 11.8 Å². The van der Waals surface area contributed by atoms with Gasteiger partial charge in [0.05, 0.1) is 6.10 Å². The van der Waals surface area contributed by atoms with Gasteiger partial charge in [-0.25, -0.2) is 0 Å². The van der Waals surface area contributed by atoms with Crippen molar-refractivity contribution in [1.29, 1.82) is 0 Å². The molecule has 27 heavy (non-hydrogen) atoms. The third kappa shape index (κ3) is 4.35. The van der Waals surface area contributed by atoms with Crippen molar-refractivity contribution in [2.24, 2.45) is 0 Å². The predicted molar refractivity (Wildman–Crippen MR) is 99.3 cm³/mol. The van der Waals surface area contributed by atoms with E-state index < -0.39 is 6.10 Å². The summed E-state index contributed by atoms with van der Waals surface area (Å²) in [6.07, 6.45) is -0.655. The maximum atomic E-state index is 10.1. The van der Waals surface area contributed by atoms with Crippen LogP contribution in [-0.4, -0.2) is 40.6 Å². The van der Waals surface area contributed by atoms with Gasteiger partial charge in [0.25, 0.3) is 5.22 Å². The zero-order valence-corrected chi connectivity index (χ0v) is 15.4. The van der Waals surface area contributed by atoms with Crippen molar-refractivity contribution in [1.82, 2.24) is 10.2 Å². The van der Waals surface area contributed by atoms with Gasteiger partial charge in [0, 0.05) is 11.3 Å². The molecule has 1 atom stereocenters. The topological polar surface area (TPSA) is 86.8 Å². The first-order valence-corrected chi connectivity index (χ1v) is 9.40. The molecule has 1 N–H and O–H groups in total. The number of aliphatic hydroxyl groups excluding tert-OH is 1. The van der Waals surface area contributed by atoms with E-state index in [-0.39, 0.29) is 13.4 Å². The van der Waals surface area contributed by atoms with Crippen molar-refractivity contribution in [2.45, 2.75) is 18.3 Å². The molecule has 0 aliphatic carbocycles. The Labute approximate surface area is 160 Å². The Morgan fingerprint density at radius 2 is 1.93 bits per heavy atom. The van der Waals surface area contributed by atoms with Crippen LogP contribution in [-0.2, 0) is 0 Å². The van der Waals surface area contributed by atoms with Crippen molar-refractivity contribution in [3.63, 3.8) is 0 Å². The fourth-order valence-corrected chi connectivity index (χ4v) is 3.12. The molecule has 1 aliphatic heterocycles. The van der Waals surface area contributed by atoms with Gasteiger partial charge in [-0.15, -0.1) is 10.2 Å². The summed E-state index contributed by atoms with van der Waals surface area (Å²) < 4.78 is 21.9. The molecule has 4 rings (SSSR count). The van der Waals surface area contributed by atoms with Gasteiger partial charge in [0.15, 0.2) is 11.5 Å². The lowest BCUT2D eigenvalue weighted by Crippen LogP contribution is -2.20. The van der Waals surface area contributed by atoms with Gasteiger partial charge in [0.2, 0.25) is 12.7 Å². The highest BCUT2D eigenvalue weighted by Crippen LogP contribution is 2.36. The van der Waals surface area contributed by atoms with Crippen LogP contribution < -0.4 is 14.2 Å². The van der Waals surface area contributed by atoms with Gasteiger partial charge >= 0.3 is 0 Å². The fourth-order valence-electron chi connectivity index (χ4n) is 2.46. The van der Waals surface area contributed by atoms with E-state index in [4.69, 9.17) is 18.6 Å². The summed E-state index contributed by atoms with van der Waals surface area (Å²) in [5.41, 5.74) is 1.91. The summed E-state index contributed by atoms with van der Waals surface area (Å²) in [6, 6.07) is 13.1. The molecule has 8 heteroatoms. The number of aryl methyl sites for hydroxylation is 1. The summed E-state index contributed by atoms with van der Waals surface area (Å²) in [4.78, 5) is 0. The van der Waals surface area contributed by atoms with E-state index in [2.05, 4.69) is 10.2 Å². The van der Waals surface area contributed by atoms with Gasteiger partial charge in [0.1, 0.15) is 12.4 Å². The molecule has 0 unspecified atom stereocenters. The maximum absolute atomic E-state index is 10.1. The Morgan fingerprint density at radius 3 is 2.78 bits per heavy atom. The minimum absolute atomic E-state index is 0.194. The molecule has 3 aromatic rings. The Kier molecular flexibility index (Phi) is 5.17. The third-order valence-electron chi connectivity index (χ3n) is 3.89. The molecule has 1 aliphatic rings. The largest absolute Gasteiger partial charge is 0.491 e. The van der Waals surface area contributed by atoms with Crippen molar-refractivity contribution in [3.8, 4) is 28.7 Å². The number of hydrogen-bond acceptors (Lipinski definition) is 8. The molecule has 7 nitrogen and oxygen atoms in total. The van der Waals surface area contributed by atoms with E-state index in [1.54, 1.807) is 12.1 Å². The highest BCUT2D eigenvalue weighted by atomic mass is 32.2. The average molecular weight is 386 g/mol. The first-order valence-electron chi connectivity index (χ1n) is 8.41. The van der Waals surface area contributed by atoms with E-state index >= 15 is 0 Å². The van der Waals surface area contributed by atoms with E-state index in [1.807, 2.05) is 37.3 Å². The zero-order chi connectivity index (χ0) is 18.6. The molecular weight excluding hydrogens is 368 g/mol. The fraction of sp³-hybridized carbons (Fsp3) is 0.263. The van der Waals surface area contributed by atoms with Gasteiger partial charge in [-0.05, 0) is 37.3 Å². The Morgan fingerprint density at radius 1 is 1.11 bits per heavy atom. The second kappa shape index (κ2) is 7.89. The predicted octanol–water partition coefficient (Wildman–Crippen LogP) is 3.31. The maximum Gasteiger partial charge on any atom is 0.276 e.